The average molecular weight is 442 g/mol. The smallest absolute Gasteiger partial charge is 0.325 e. The van der Waals surface area contributed by atoms with E-state index in [4.69, 9.17) is 0 Å². The highest BCUT2D eigenvalue weighted by atomic mass is 16.2. The first-order valence-electron chi connectivity index (χ1n) is 10.3. The summed E-state index contributed by atoms with van der Waals surface area (Å²) in [5.74, 6) is 1.44. The maximum Gasteiger partial charge on any atom is 0.332 e. The van der Waals surface area contributed by atoms with Crippen molar-refractivity contribution in [2.75, 3.05) is 0 Å². The van der Waals surface area contributed by atoms with Gasteiger partial charge in [-0.3, -0.25) is 27.9 Å². The van der Waals surface area contributed by atoms with E-state index in [-0.39, 0.29) is 11.1 Å². The molecule has 4 heterocycles. The van der Waals surface area contributed by atoms with E-state index in [1.165, 1.54) is 23.2 Å². The van der Waals surface area contributed by atoms with Gasteiger partial charge in [0, 0.05) is 55.1 Å². The van der Waals surface area contributed by atoms with E-state index in [1.54, 1.807) is 37.3 Å². The Morgan fingerprint density at radius 1 is 0.531 bits per heavy atom. The molecule has 0 aliphatic carbocycles. The van der Waals surface area contributed by atoms with E-state index in [2.05, 4.69) is 9.97 Å². The summed E-state index contributed by atoms with van der Waals surface area (Å²) in [5, 5.41) is 0. The maximum absolute atomic E-state index is 12.5. The summed E-state index contributed by atoms with van der Waals surface area (Å²) in [5.41, 5.74) is 0.00965. The van der Waals surface area contributed by atoms with Crippen molar-refractivity contribution in [3.8, 4) is 0 Å². The highest BCUT2D eigenvalue weighted by Crippen LogP contribution is 2.14. The molecule has 0 fully saturated rings. The number of aromatic nitrogens is 8. The van der Waals surface area contributed by atoms with Crippen LogP contribution in [0.25, 0.3) is 22.3 Å². The van der Waals surface area contributed by atoms with Crippen LogP contribution in [0.2, 0.25) is 0 Å². The van der Waals surface area contributed by atoms with Gasteiger partial charge >= 0.3 is 11.4 Å². The van der Waals surface area contributed by atoms with Gasteiger partial charge < -0.3 is 9.13 Å². The topological polar surface area (TPSA) is 124 Å². The average Bonchev–Trinajstić information content (AvgIpc) is 3.28. The van der Waals surface area contributed by atoms with Gasteiger partial charge in [-0.15, -0.1) is 0 Å². The summed E-state index contributed by atoms with van der Waals surface area (Å²) in [7, 11) is 9.67. The van der Waals surface area contributed by atoms with E-state index in [9.17, 15) is 19.2 Å². The van der Waals surface area contributed by atoms with Crippen LogP contribution >= 0.6 is 0 Å². The summed E-state index contributed by atoms with van der Waals surface area (Å²) in [6.45, 7) is 0. The molecule has 0 aliphatic rings. The predicted octanol–water partition coefficient (Wildman–Crippen LogP) is -1.18. The number of nitrogens with zero attached hydrogens (tertiary/aromatic N) is 8. The van der Waals surface area contributed by atoms with Crippen molar-refractivity contribution in [1.29, 1.82) is 0 Å². The van der Waals surface area contributed by atoms with E-state index < -0.39 is 11.4 Å². The zero-order chi connectivity index (χ0) is 23.5. The van der Waals surface area contributed by atoms with Gasteiger partial charge in [-0.2, -0.15) is 0 Å². The molecule has 0 atom stereocenters. The molecule has 0 N–H and O–H groups in total. The molecule has 0 unspecified atom stereocenters. The van der Waals surface area contributed by atoms with Crippen LogP contribution in [0.3, 0.4) is 0 Å². The lowest BCUT2D eigenvalue weighted by Gasteiger charge is -2.04. The molecular weight excluding hydrogens is 416 g/mol. The van der Waals surface area contributed by atoms with Crippen molar-refractivity contribution in [1.82, 2.24) is 37.4 Å². The standard InChI is InChI=1S/C20H26N8O4/c1-23-11(21-15-13(23)17(29)27(5)19(31)25(15)3)9-7-8-10-12-22-16-14(24(12)2)18(30)28(6)20(32)26(16)4/h7-10H2,1-6H3. The minimum Gasteiger partial charge on any atom is -0.325 e. The Hall–Kier alpha value is -3.70. The molecule has 0 radical (unpaired) electrons. The minimum absolute atomic E-state index is 0.365. The molecule has 0 aliphatic heterocycles. The normalized spacial score (nSPS) is 11.8. The Balaban J connectivity index is 1.57. The molecule has 4 aromatic heterocycles. The third-order valence-corrected chi connectivity index (χ3v) is 6.19. The van der Waals surface area contributed by atoms with Crippen LogP contribution in [-0.4, -0.2) is 37.4 Å². The Kier molecular flexibility index (Phi) is 5.02. The molecule has 4 aromatic rings. The maximum atomic E-state index is 12.5. The minimum atomic E-state index is -0.408. The number of hydrogen-bond acceptors (Lipinski definition) is 6. The lowest BCUT2D eigenvalue weighted by molar-refractivity contribution is 0.657. The second-order valence-electron chi connectivity index (χ2n) is 8.14. The van der Waals surface area contributed by atoms with Crippen LogP contribution in [0, 0.1) is 0 Å². The van der Waals surface area contributed by atoms with Crippen molar-refractivity contribution >= 4 is 22.3 Å². The highest BCUT2D eigenvalue weighted by molar-refractivity contribution is 5.71. The summed E-state index contributed by atoms with van der Waals surface area (Å²) < 4.78 is 8.40. The molecule has 0 aromatic carbocycles. The molecular formula is C20H26N8O4. The predicted molar refractivity (Wildman–Crippen MR) is 119 cm³/mol. The van der Waals surface area contributed by atoms with Crippen LogP contribution < -0.4 is 22.5 Å². The van der Waals surface area contributed by atoms with Gasteiger partial charge in [-0.1, -0.05) is 0 Å². The first kappa shape index (κ1) is 21.5. The van der Waals surface area contributed by atoms with Crippen molar-refractivity contribution in [2.45, 2.75) is 25.7 Å². The SMILES string of the molecule is Cn1c(=O)c2c(nc(CCCCc3nc4c(c(=O)n(C)c(=O)n4C)n3C)n2C)n(C)c1=O. The first-order valence-corrected chi connectivity index (χ1v) is 10.3. The molecule has 12 nitrogen and oxygen atoms in total. The van der Waals surface area contributed by atoms with E-state index in [0.29, 0.717) is 35.2 Å². The van der Waals surface area contributed by atoms with Crippen LogP contribution in [0.4, 0.5) is 0 Å². The largest absolute Gasteiger partial charge is 0.332 e. The molecule has 32 heavy (non-hydrogen) atoms. The van der Waals surface area contributed by atoms with E-state index in [0.717, 1.165) is 33.6 Å². The van der Waals surface area contributed by atoms with E-state index in [1.807, 2.05) is 0 Å². The zero-order valence-corrected chi connectivity index (χ0v) is 19.0. The van der Waals surface area contributed by atoms with Gasteiger partial charge in [0.2, 0.25) is 0 Å². The van der Waals surface area contributed by atoms with Gasteiger partial charge in [0.1, 0.15) is 11.6 Å². The van der Waals surface area contributed by atoms with Crippen molar-refractivity contribution in [2.24, 2.45) is 42.3 Å². The van der Waals surface area contributed by atoms with Crippen molar-refractivity contribution in [3.05, 3.63) is 53.3 Å². The second-order valence-corrected chi connectivity index (χ2v) is 8.14. The van der Waals surface area contributed by atoms with Gasteiger partial charge in [0.05, 0.1) is 0 Å². The number of aryl methyl sites for hydroxylation is 6. The highest BCUT2D eigenvalue weighted by Gasteiger charge is 2.18. The molecule has 0 saturated carbocycles. The Morgan fingerprint density at radius 2 is 0.875 bits per heavy atom. The molecule has 0 spiro atoms. The summed E-state index contributed by atoms with van der Waals surface area (Å²) >= 11 is 0. The molecule has 0 amide bonds. The Morgan fingerprint density at radius 3 is 1.22 bits per heavy atom. The fourth-order valence-electron chi connectivity index (χ4n) is 4.14. The monoisotopic (exact) mass is 442 g/mol. The lowest BCUT2D eigenvalue weighted by Crippen LogP contribution is -2.37. The first-order chi connectivity index (χ1) is 15.1. The van der Waals surface area contributed by atoms with Gasteiger partial charge in [0.25, 0.3) is 11.1 Å². The van der Waals surface area contributed by atoms with Gasteiger partial charge in [-0.05, 0) is 12.8 Å². The molecule has 0 bridgehead atoms. The summed E-state index contributed by atoms with van der Waals surface area (Å²) in [6, 6.07) is 0. The molecule has 0 saturated heterocycles. The summed E-state index contributed by atoms with van der Waals surface area (Å²) in [4.78, 5) is 58.4. The fourth-order valence-corrected chi connectivity index (χ4v) is 4.14. The number of fused-ring (bicyclic) bond motifs is 2. The fraction of sp³-hybridized carbons (Fsp3) is 0.500. The van der Waals surface area contributed by atoms with Gasteiger partial charge in [-0.25, -0.2) is 19.6 Å². The number of imidazole rings is 2. The Labute approximate surface area is 181 Å². The lowest BCUT2D eigenvalue weighted by atomic mass is 10.2. The third kappa shape index (κ3) is 2.97. The number of unbranched alkanes of at least 4 members (excludes halogenated alkanes) is 1. The molecule has 4 rings (SSSR count). The van der Waals surface area contributed by atoms with Gasteiger partial charge in [0.15, 0.2) is 22.3 Å². The van der Waals surface area contributed by atoms with Crippen LogP contribution in [0.15, 0.2) is 19.2 Å². The van der Waals surface area contributed by atoms with E-state index >= 15 is 0 Å². The summed E-state index contributed by atoms with van der Waals surface area (Å²) in [6.07, 6.45) is 2.77. The molecule has 170 valence electrons. The van der Waals surface area contributed by atoms with Crippen LogP contribution in [0.5, 0.6) is 0 Å². The quantitative estimate of drug-likeness (QED) is 0.359. The third-order valence-electron chi connectivity index (χ3n) is 6.19. The zero-order valence-electron chi connectivity index (χ0n) is 19.0. The Bertz CT molecular complexity index is 1500. The number of rotatable bonds is 5. The van der Waals surface area contributed by atoms with Crippen LogP contribution in [0.1, 0.15) is 24.5 Å². The number of hydrogen-bond donors (Lipinski definition) is 0. The van der Waals surface area contributed by atoms with Crippen LogP contribution in [-0.2, 0) is 55.1 Å². The van der Waals surface area contributed by atoms with Crippen molar-refractivity contribution in [3.63, 3.8) is 0 Å². The molecule has 12 heteroatoms. The second kappa shape index (κ2) is 7.46. The van der Waals surface area contributed by atoms with Crippen molar-refractivity contribution < 1.29 is 0 Å².